The molecule has 1 fully saturated rings. The van der Waals surface area contributed by atoms with Crippen LogP contribution in [0.3, 0.4) is 0 Å². The summed E-state index contributed by atoms with van der Waals surface area (Å²) in [6.45, 7) is 2.20. The van der Waals surface area contributed by atoms with Crippen molar-refractivity contribution in [1.82, 2.24) is 0 Å². The van der Waals surface area contributed by atoms with E-state index in [2.05, 4.69) is 6.92 Å². The quantitative estimate of drug-likeness (QED) is 0.640. The van der Waals surface area contributed by atoms with Crippen LogP contribution in [0.25, 0.3) is 0 Å². The topological polar surface area (TPSA) is 26.0 Å². The third-order valence-electron chi connectivity index (χ3n) is 2.10. The van der Waals surface area contributed by atoms with Crippen LogP contribution in [-0.4, -0.2) is 5.54 Å². The van der Waals surface area contributed by atoms with Gasteiger partial charge in [0.15, 0.2) is 0 Å². The molecule has 1 nitrogen and oxygen atoms in total. The minimum atomic E-state index is 0. The van der Waals surface area contributed by atoms with E-state index in [1.54, 1.807) is 0 Å². The van der Waals surface area contributed by atoms with Crippen LogP contribution in [0, 0.1) is 0 Å². The Labute approximate surface area is 63.4 Å². The van der Waals surface area contributed by atoms with Gasteiger partial charge in [-0.1, -0.05) is 13.3 Å². The zero-order chi connectivity index (χ0) is 6.04. The molecular formula is C7H16ClN. The smallest absolute Gasteiger partial charge is 0.0154 e. The largest absolute Gasteiger partial charge is 0.325 e. The molecule has 1 aliphatic rings. The molecular weight excluding hydrogens is 134 g/mol. The average molecular weight is 150 g/mol. The molecule has 0 aromatic carbocycles. The summed E-state index contributed by atoms with van der Waals surface area (Å²) in [6, 6.07) is 0. The van der Waals surface area contributed by atoms with Crippen molar-refractivity contribution in [3.8, 4) is 0 Å². The molecule has 0 aromatic rings. The molecule has 0 atom stereocenters. The molecule has 0 heterocycles. The highest BCUT2D eigenvalue weighted by molar-refractivity contribution is 5.85. The zero-order valence-corrected chi connectivity index (χ0v) is 6.84. The summed E-state index contributed by atoms with van der Waals surface area (Å²) >= 11 is 0. The first-order chi connectivity index (χ1) is 3.77. The van der Waals surface area contributed by atoms with E-state index in [0.717, 1.165) is 0 Å². The molecule has 1 aliphatic carbocycles. The summed E-state index contributed by atoms with van der Waals surface area (Å²) in [6.07, 6.45) is 6.36. The molecule has 0 unspecified atom stereocenters. The highest BCUT2D eigenvalue weighted by Gasteiger charge is 2.30. The Morgan fingerprint density at radius 2 is 2.00 bits per heavy atom. The van der Waals surface area contributed by atoms with Crippen molar-refractivity contribution < 1.29 is 0 Å². The second-order valence-corrected chi connectivity index (χ2v) is 2.97. The van der Waals surface area contributed by atoms with Gasteiger partial charge in [-0.2, -0.15) is 0 Å². The third-order valence-corrected chi connectivity index (χ3v) is 2.10. The van der Waals surface area contributed by atoms with E-state index >= 15 is 0 Å². The average Bonchev–Trinajstić information content (AvgIpc) is 1.64. The lowest BCUT2D eigenvalue weighted by atomic mass is 9.75. The monoisotopic (exact) mass is 149 g/mol. The second-order valence-electron chi connectivity index (χ2n) is 2.97. The summed E-state index contributed by atoms with van der Waals surface area (Å²) in [5.41, 5.74) is 6.19. The van der Waals surface area contributed by atoms with Gasteiger partial charge in [-0.3, -0.25) is 0 Å². The van der Waals surface area contributed by atoms with Crippen LogP contribution < -0.4 is 5.73 Å². The molecule has 0 saturated heterocycles. The molecule has 0 radical (unpaired) electrons. The minimum absolute atomic E-state index is 0. The lowest BCUT2D eigenvalue weighted by molar-refractivity contribution is 0.230. The number of rotatable bonds is 2. The van der Waals surface area contributed by atoms with E-state index in [-0.39, 0.29) is 17.9 Å². The van der Waals surface area contributed by atoms with E-state index in [1.807, 2.05) is 0 Å². The van der Waals surface area contributed by atoms with Crippen LogP contribution in [0.2, 0.25) is 0 Å². The fourth-order valence-corrected chi connectivity index (χ4v) is 1.38. The van der Waals surface area contributed by atoms with Gasteiger partial charge in [0.05, 0.1) is 0 Å². The first-order valence-electron chi connectivity index (χ1n) is 3.56. The maximum Gasteiger partial charge on any atom is 0.0154 e. The Balaban J connectivity index is 0.000000640. The van der Waals surface area contributed by atoms with Crippen molar-refractivity contribution in [2.45, 2.75) is 44.6 Å². The van der Waals surface area contributed by atoms with Gasteiger partial charge in [0.1, 0.15) is 0 Å². The van der Waals surface area contributed by atoms with Crippen LogP contribution in [0.4, 0.5) is 0 Å². The van der Waals surface area contributed by atoms with Crippen molar-refractivity contribution in [1.29, 1.82) is 0 Å². The Kier molecular flexibility index (Phi) is 3.52. The second kappa shape index (κ2) is 3.43. The highest BCUT2D eigenvalue weighted by Crippen LogP contribution is 2.32. The van der Waals surface area contributed by atoms with E-state index in [9.17, 15) is 0 Å². The molecule has 0 spiro atoms. The van der Waals surface area contributed by atoms with Crippen LogP contribution in [0.1, 0.15) is 39.0 Å². The van der Waals surface area contributed by atoms with Crippen molar-refractivity contribution in [3.05, 3.63) is 0 Å². The molecule has 1 rings (SSSR count). The summed E-state index contributed by atoms with van der Waals surface area (Å²) in [5, 5.41) is 0. The standard InChI is InChI=1S/C7H15N.ClH/c1-2-4-7(8)5-3-6-7;/h2-6,8H2,1H3;1H. The first-order valence-corrected chi connectivity index (χ1v) is 3.56. The fourth-order valence-electron chi connectivity index (χ4n) is 1.38. The van der Waals surface area contributed by atoms with E-state index < -0.39 is 0 Å². The van der Waals surface area contributed by atoms with Gasteiger partial charge < -0.3 is 5.73 Å². The van der Waals surface area contributed by atoms with E-state index in [4.69, 9.17) is 5.73 Å². The molecule has 9 heavy (non-hydrogen) atoms. The Bertz CT molecular complexity index is 79.0. The maximum absolute atomic E-state index is 5.91. The van der Waals surface area contributed by atoms with Gasteiger partial charge in [-0.05, 0) is 25.7 Å². The summed E-state index contributed by atoms with van der Waals surface area (Å²) in [4.78, 5) is 0. The van der Waals surface area contributed by atoms with E-state index in [0.29, 0.717) is 0 Å². The van der Waals surface area contributed by atoms with Crippen molar-refractivity contribution in [2.75, 3.05) is 0 Å². The SMILES string of the molecule is CCCC1(N)CCC1.Cl. The van der Waals surface area contributed by atoms with Gasteiger partial charge in [0.2, 0.25) is 0 Å². The highest BCUT2D eigenvalue weighted by atomic mass is 35.5. The Morgan fingerprint density at radius 3 is 2.11 bits per heavy atom. The molecule has 1 saturated carbocycles. The van der Waals surface area contributed by atoms with Gasteiger partial charge in [0, 0.05) is 5.54 Å². The molecule has 2 heteroatoms. The number of hydrogen-bond acceptors (Lipinski definition) is 1. The predicted octanol–water partition coefficient (Wildman–Crippen LogP) is 2.09. The molecule has 0 bridgehead atoms. The molecule has 2 N–H and O–H groups in total. The van der Waals surface area contributed by atoms with Crippen molar-refractivity contribution in [2.24, 2.45) is 5.73 Å². The van der Waals surface area contributed by atoms with Crippen molar-refractivity contribution >= 4 is 12.4 Å². The number of hydrogen-bond donors (Lipinski definition) is 1. The number of nitrogens with two attached hydrogens (primary N) is 1. The number of halogens is 1. The van der Waals surface area contributed by atoms with Crippen LogP contribution in [0.5, 0.6) is 0 Å². The molecule has 0 aromatic heterocycles. The van der Waals surface area contributed by atoms with Crippen molar-refractivity contribution in [3.63, 3.8) is 0 Å². The Morgan fingerprint density at radius 1 is 1.44 bits per heavy atom. The normalized spacial score (nSPS) is 22.0. The van der Waals surface area contributed by atoms with Gasteiger partial charge >= 0.3 is 0 Å². The van der Waals surface area contributed by atoms with Gasteiger partial charge in [-0.25, -0.2) is 0 Å². The predicted molar refractivity (Wildman–Crippen MR) is 42.9 cm³/mol. The van der Waals surface area contributed by atoms with Crippen LogP contribution in [0.15, 0.2) is 0 Å². The van der Waals surface area contributed by atoms with Crippen LogP contribution >= 0.6 is 12.4 Å². The fraction of sp³-hybridized carbons (Fsp3) is 1.00. The van der Waals surface area contributed by atoms with Gasteiger partial charge in [0.25, 0.3) is 0 Å². The summed E-state index contributed by atoms with van der Waals surface area (Å²) < 4.78 is 0. The van der Waals surface area contributed by atoms with Crippen LogP contribution in [-0.2, 0) is 0 Å². The lowest BCUT2D eigenvalue weighted by Gasteiger charge is -2.37. The minimum Gasteiger partial charge on any atom is -0.325 e. The maximum atomic E-state index is 5.91. The zero-order valence-electron chi connectivity index (χ0n) is 6.02. The third kappa shape index (κ3) is 2.15. The molecule has 0 aliphatic heterocycles. The summed E-state index contributed by atoms with van der Waals surface area (Å²) in [7, 11) is 0. The molecule has 56 valence electrons. The lowest BCUT2D eigenvalue weighted by Crippen LogP contribution is -2.46. The Hall–Kier alpha value is 0.250. The summed E-state index contributed by atoms with van der Waals surface area (Å²) in [5.74, 6) is 0. The first kappa shape index (κ1) is 9.25. The molecule has 0 amide bonds. The van der Waals surface area contributed by atoms with Gasteiger partial charge in [-0.15, -0.1) is 12.4 Å². The van der Waals surface area contributed by atoms with E-state index in [1.165, 1.54) is 32.1 Å².